The van der Waals surface area contributed by atoms with Crippen molar-refractivity contribution < 1.29 is 13.2 Å². The fourth-order valence-electron chi connectivity index (χ4n) is 5.88. The van der Waals surface area contributed by atoms with Crippen molar-refractivity contribution in [1.82, 2.24) is 25.0 Å². The van der Waals surface area contributed by atoms with Crippen LogP contribution in [0.1, 0.15) is 23.3 Å². The predicted octanol–water partition coefficient (Wildman–Crippen LogP) is 2.09. The number of hydrogen-bond acceptors (Lipinski definition) is 5. The number of aromatic amines is 1. The van der Waals surface area contributed by atoms with E-state index in [0.717, 1.165) is 12.8 Å². The van der Waals surface area contributed by atoms with Gasteiger partial charge < -0.3 is 4.90 Å². The molecule has 0 bridgehead atoms. The van der Waals surface area contributed by atoms with E-state index in [1.807, 2.05) is 4.90 Å². The van der Waals surface area contributed by atoms with Gasteiger partial charge in [0, 0.05) is 24.2 Å². The molecule has 2 N–H and O–H groups in total. The van der Waals surface area contributed by atoms with Gasteiger partial charge in [0.1, 0.15) is 0 Å². The molecular weight excluding hydrogens is 426 g/mol. The monoisotopic (exact) mass is 447 g/mol. The van der Waals surface area contributed by atoms with Crippen LogP contribution in [-0.4, -0.2) is 53.8 Å². The summed E-state index contributed by atoms with van der Waals surface area (Å²) < 4.78 is 28.8. The number of benzene rings is 1. The van der Waals surface area contributed by atoms with Crippen molar-refractivity contribution in [3.8, 4) is 0 Å². The van der Waals surface area contributed by atoms with E-state index < -0.39 is 10.0 Å². The molecule has 1 aromatic carbocycles. The predicted molar refractivity (Wildman–Crippen MR) is 110 cm³/mol. The Hall–Kier alpha value is -2.23. The molecule has 10 heteroatoms. The number of fused-ring (bicyclic) bond motifs is 4. The summed E-state index contributed by atoms with van der Waals surface area (Å²) in [5, 5.41) is 10.6. The molecule has 1 saturated heterocycles. The highest BCUT2D eigenvalue weighted by atomic mass is 35.5. The van der Waals surface area contributed by atoms with E-state index in [4.69, 9.17) is 11.6 Å². The maximum atomic E-state index is 13.0. The molecule has 5 atom stereocenters. The van der Waals surface area contributed by atoms with Crippen molar-refractivity contribution in [3.63, 3.8) is 0 Å². The Balaban J connectivity index is 1.36. The minimum Gasteiger partial charge on any atom is -0.337 e. The molecule has 30 heavy (non-hydrogen) atoms. The number of halogens is 1. The van der Waals surface area contributed by atoms with Crippen LogP contribution < -0.4 is 4.72 Å². The normalized spacial score (nSPS) is 30.6. The van der Waals surface area contributed by atoms with Crippen LogP contribution in [0.3, 0.4) is 0 Å². The van der Waals surface area contributed by atoms with Crippen LogP contribution in [0.4, 0.5) is 0 Å². The van der Waals surface area contributed by atoms with Gasteiger partial charge in [0.15, 0.2) is 5.69 Å². The zero-order chi connectivity index (χ0) is 21.1. The number of rotatable bonds is 6. The lowest BCUT2D eigenvalue weighted by molar-refractivity contribution is -0.186. The van der Waals surface area contributed by atoms with Crippen LogP contribution in [0.15, 0.2) is 48.0 Å². The third kappa shape index (κ3) is 2.75. The molecule has 2 aliphatic carbocycles. The lowest BCUT2D eigenvalue weighted by atomic mass is 9.36. The molecule has 0 radical (unpaired) electrons. The van der Waals surface area contributed by atoms with Gasteiger partial charge in [0.05, 0.1) is 11.1 Å². The smallest absolute Gasteiger partial charge is 0.276 e. The summed E-state index contributed by atoms with van der Waals surface area (Å²) in [7, 11) is -3.71. The van der Waals surface area contributed by atoms with Crippen molar-refractivity contribution in [2.75, 3.05) is 13.1 Å². The first kappa shape index (κ1) is 19.7. The Morgan fingerprint density at radius 3 is 2.70 bits per heavy atom. The van der Waals surface area contributed by atoms with E-state index in [1.54, 1.807) is 18.2 Å². The number of nitrogens with one attached hydrogen (secondary N) is 2. The Kier molecular flexibility index (Phi) is 4.53. The second-order valence-electron chi connectivity index (χ2n) is 8.38. The van der Waals surface area contributed by atoms with E-state index in [2.05, 4.69) is 26.7 Å². The number of carbonyl (C=O) groups excluding carboxylic acids is 1. The van der Waals surface area contributed by atoms with Crippen molar-refractivity contribution in [3.05, 3.63) is 53.8 Å². The number of H-pyrrole nitrogens is 1. The minimum atomic E-state index is -3.71. The Morgan fingerprint density at radius 2 is 2.10 bits per heavy atom. The lowest BCUT2D eigenvalue weighted by Crippen LogP contribution is -2.70. The van der Waals surface area contributed by atoms with Gasteiger partial charge in [-0.3, -0.25) is 4.79 Å². The second kappa shape index (κ2) is 6.90. The van der Waals surface area contributed by atoms with Crippen LogP contribution in [0, 0.1) is 23.2 Å². The maximum Gasteiger partial charge on any atom is 0.276 e. The maximum absolute atomic E-state index is 13.0. The first-order valence-electron chi connectivity index (χ1n) is 9.92. The number of aromatic nitrogens is 3. The summed E-state index contributed by atoms with van der Waals surface area (Å²) in [6.45, 7) is 5.20. The molecule has 8 nitrogen and oxygen atoms in total. The van der Waals surface area contributed by atoms with Crippen LogP contribution in [0.25, 0.3) is 0 Å². The van der Waals surface area contributed by atoms with Crippen LogP contribution in [-0.2, 0) is 10.0 Å². The Bertz CT molecular complexity index is 1090. The molecule has 0 spiro atoms. The topological polar surface area (TPSA) is 108 Å². The van der Waals surface area contributed by atoms with Crippen LogP contribution >= 0.6 is 11.6 Å². The quantitative estimate of drug-likeness (QED) is 0.659. The van der Waals surface area contributed by atoms with Gasteiger partial charge in [-0.1, -0.05) is 17.7 Å². The van der Waals surface area contributed by atoms with E-state index in [0.29, 0.717) is 35.6 Å². The van der Waals surface area contributed by atoms with E-state index >= 15 is 0 Å². The number of likely N-dealkylation sites (tertiary alicyclic amines) is 1. The highest BCUT2D eigenvalue weighted by Gasteiger charge is 2.71. The third-order valence-electron chi connectivity index (χ3n) is 7.29. The SMILES string of the molecule is C=CC(NS(=O)(=O)c1ccc(Cl)cc1)C12CC[C@@H]1[C@H]1CN(C(=O)c3cn[nH]n3)C[C@H]12. The van der Waals surface area contributed by atoms with Crippen molar-refractivity contribution in [1.29, 1.82) is 0 Å². The number of carbonyl (C=O) groups is 1. The molecule has 158 valence electrons. The summed E-state index contributed by atoms with van der Waals surface area (Å²) in [4.78, 5) is 14.7. The van der Waals surface area contributed by atoms with Crippen molar-refractivity contribution in [2.45, 2.75) is 23.8 Å². The highest BCUT2D eigenvalue weighted by molar-refractivity contribution is 7.89. The fourth-order valence-corrected chi connectivity index (χ4v) is 7.29. The molecule has 3 aliphatic rings. The summed E-state index contributed by atoms with van der Waals surface area (Å²) in [6.07, 6.45) is 5.10. The van der Waals surface area contributed by atoms with Crippen molar-refractivity contribution in [2.24, 2.45) is 23.2 Å². The molecule has 1 aliphatic heterocycles. The standard InChI is InChI=1S/C20H22ClN5O3S/c1-2-18(24-30(28,29)13-5-3-12(21)4-6-13)20-8-7-15(20)14-10-26(11-16(14)20)19(27)17-9-22-25-23-17/h2-6,9,14-16,18,24H,1,7-8,10-11H2,(H,22,23,25)/t14-,15-,16-,18?,20?/m1/s1. The summed E-state index contributed by atoms with van der Waals surface area (Å²) >= 11 is 5.89. The third-order valence-corrected chi connectivity index (χ3v) is 9.00. The van der Waals surface area contributed by atoms with Gasteiger partial charge >= 0.3 is 0 Å². The molecule has 3 fully saturated rings. The van der Waals surface area contributed by atoms with Crippen LogP contribution in [0.2, 0.25) is 5.02 Å². The first-order valence-corrected chi connectivity index (χ1v) is 11.8. The number of hydrogen-bond donors (Lipinski definition) is 2. The fraction of sp³-hybridized carbons (Fsp3) is 0.450. The molecule has 2 saturated carbocycles. The van der Waals surface area contributed by atoms with Crippen molar-refractivity contribution >= 4 is 27.5 Å². The molecule has 1 aromatic heterocycles. The number of nitrogens with zero attached hydrogens (tertiary/aromatic N) is 3. The van der Waals surface area contributed by atoms with Gasteiger partial charge in [-0.15, -0.1) is 6.58 Å². The van der Waals surface area contributed by atoms with E-state index in [9.17, 15) is 13.2 Å². The van der Waals surface area contributed by atoms with Crippen LogP contribution in [0.5, 0.6) is 0 Å². The first-order chi connectivity index (χ1) is 14.4. The molecule has 1 amide bonds. The van der Waals surface area contributed by atoms with Gasteiger partial charge in [-0.2, -0.15) is 15.4 Å². The molecule has 2 heterocycles. The second-order valence-corrected chi connectivity index (χ2v) is 10.5. The van der Waals surface area contributed by atoms with Gasteiger partial charge in [-0.05, 0) is 60.3 Å². The Labute approximate surface area is 179 Å². The summed E-state index contributed by atoms with van der Waals surface area (Å²) in [5.74, 6) is 0.873. The largest absolute Gasteiger partial charge is 0.337 e. The van der Waals surface area contributed by atoms with Gasteiger partial charge in [-0.25, -0.2) is 13.1 Å². The highest BCUT2D eigenvalue weighted by Crippen LogP contribution is 2.71. The summed E-state index contributed by atoms with van der Waals surface area (Å²) in [5.41, 5.74) is 0.117. The number of sulfonamides is 1. The van der Waals surface area contributed by atoms with E-state index in [1.165, 1.54) is 18.3 Å². The lowest BCUT2D eigenvalue weighted by Gasteiger charge is -2.69. The molecule has 2 aromatic rings. The van der Waals surface area contributed by atoms with E-state index in [-0.39, 0.29) is 28.2 Å². The average Bonchev–Trinajstić information content (AvgIpc) is 3.36. The number of amides is 1. The molecule has 2 unspecified atom stereocenters. The molecule has 5 rings (SSSR count). The van der Waals surface area contributed by atoms with Gasteiger partial charge in [0.25, 0.3) is 5.91 Å². The Morgan fingerprint density at radius 1 is 1.33 bits per heavy atom. The zero-order valence-electron chi connectivity index (χ0n) is 16.2. The zero-order valence-corrected chi connectivity index (χ0v) is 17.7. The minimum absolute atomic E-state index is 0.135. The average molecular weight is 448 g/mol. The van der Waals surface area contributed by atoms with Gasteiger partial charge in [0.2, 0.25) is 10.0 Å². The summed E-state index contributed by atoms with van der Waals surface area (Å²) in [6, 6.07) is 5.73. The molecular formula is C20H22ClN5O3S.